The number of hydrogen-bond donors (Lipinski definition) is 0. The molecule has 0 saturated carbocycles. The second-order valence-corrected chi connectivity index (χ2v) is 8.45. The Balaban J connectivity index is 1.80. The second kappa shape index (κ2) is 8.17. The summed E-state index contributed by atoms with van der Waals surface area (Å²) >= 11 is 2.23. The van der Waals surface area contributed by atoms with Crippen LogP contribution in [0.3, 0.4) is 0 Å². The highest BCUT2D eigenvalue weighted by atomic mass is 32.1. The Morgan fingerprint density at radius 2 is 2.07 bits per heavy atom. The molecule has 8 nitrogen and oxygen atoms in total. The van der Waals surface area contributed by atoms with Gasteiger partial charge < -0.3 is 4.74 Å². The lowest BCUT2D eigenvalue weighted by atomic mass is 10.2. The zero-order chi connectivity index (χ0) is 21.3. The van der Waals surface area contributed by atoms with Gasteiger partial charge >= 0.3 is 5.00 Å². The molecule has 10 heteroatoms. The first-order chi connectivity index (χ1) is 14.5. The number of hydrogen-bond acceptors (Lipinski definition) is 8. The number of thiophene rings is 1. The molecule has 0 saturated heterocycles. The van der Waals surface area contributed by atoms with Gasteiger partial charge in [0.25, 0.3) is 5.91 Å². The summed E-state index contributed by atoms with van der Waals surface area (Å²) in [6.45, 7) is 2.21. The number of aromatic nitrogens is 2. The zero-order valence-corrected chi connectivity index (χ0v) is 17.7. The number of aryl methyl sites for hydroxylation is 1. The number of pyridine rings is 1. The van der Waals surface area contributed by atoms with Crippen molar-refractivity contribution in [2.24, 2.45) is 0 Å². The molecule has 152 valence electrons. The molecule has 0 atom stereocenters. The van der Waals surface area contributed by atoms with E-state index in [1.54, 1.807) is 25.6 Å². The van der Waals surface area contributed by atoms with Crippen LogP contribution in [0.4, 0.5) is 10.1 Å². The van der Waals surface area contributed by atoms with E-state index in [2.05, 4.69) is 9.97 Å². The average molecular weight is 441 g/mol. The molecule has 4 rings (SSSR count). The topological polar surface area (TPSA) is 98.5 Å². The smallest absolute Gasteiger partial charge is 0.324 e. The van der Waals surface area contributed by atoms with Gasteiger partial charge in [0.2, 0.25) is 0 Å². The van der Waals surface area contributed by atoms with Gasteiger partial charge in [0.15, 0.2) is 5.13 Å². The first kappa shape index (κ1) is 19.9. The molecular weight excluding hydrogens is 424 g/mol. The number of thiazole rings is 1. The maximum Gasteiger partial charge on any atom is 0.324 e. The van der Waals surface area contributed by atoms with Gasteiger partial charge in [0.05, 0.1) is 28.2 Å². The van der Waals surface area contributed by atoms with Gasteiger partial charge in [-0.15, -0.1) is 0 Å². The number of fused-ring (bicyclic) bond motifs is 1. The van der Waals surface area contributed by atoms with Crippen molar-refractivity contribution in [1.82, 2.24) is 9.97 Å². The van der Waals surface area contributed by atoms with Crippen molar-refractivity contribution < 1.29 is 14.5 Å². The van der Waals surface area contributed by atoms with Crippen molar-refractivity contribution in [2.45, 2.75) is 13.5 Å². The molecule has 0 unspecified atom stereocenters. The summed E-state index contributed by atoms with van der Waals surface area (Å²) in [5, 5.41) is 11.5. The van der Waals surface area contributed by atoms with Crippen molar-refractivity contribution in [2.75, 3.05) is 12.0 Å². The van der Waals surface area contributed by atoms with E-state index < -0.39 is 4.92 Å². The largest absolute Gasteiger partial charge is 0.494 e. The lowest BCUT2D eigenvalue weighted by Crippen LogP contribution is -2.29. The van der Waals surface area contributed by atoms with Crippen molar-refractivity contribution >= 4 is 48.9 Å². The Labute approximate surface area is 179 Å². The van der Waals surface area contributed by atoms with Crippen LogP contribution >= 0.6 is 22.7 Å². The summed E-state index contributed by atoms with van der Waals surface area (Å²) in [6.07, 6.45) is 3.33. The Kier molecular flexibility index (Phi) is 5.42. The van der Waals surface area contributed by atoms with Crippen LogP contribution in [0.1, 0.15) is 20.8 Å². The van der Waals surface area contributed by atoms with Crippen LogP contribution in [0.2, 0.25) is 0 Å². The minimum atomic E-state index is -0.501. The summed E-state index contributed by atoms with van der Waals surface area (Å²) in [7, 11) is 1.58. The van der Waals surface area contributed by atoms with Crippen LogP contribution in [-0.4, -0.2) is 27.9 Å². The van der Waals surface area contributed by atoms with Crippen molar-refractivity contribution in [3.8, 4) is 5.75 Å². The second-order valence-electron chi connectivity index (χ2n) is 6.41. The first-order valence-electron chi connectivity index (χ1n) is 8.87. The molecule has 0 N–H and O–H groups in total. The lowest BCUT2D eigenvalue weighted by Gasteiger charge is -2.19. The third-order valence-corrected chi connectivity index (χ3v) is 6.67. The number of nitro groups is 1. The highest BCUT2D eigenvalue weighted by Crippen LogP contribution is 2.38. The Morgan fingerprint density at radius 3 is 2.73 bits per heavy atom. The molecule has 1 aromatic carbocycles. The minimum Gasteiger partial charge on any atom is -0.494 e. The number of ether oxygens (including phenoxy) is 1. The molecule has 4 aromatic rings. The van der Waals surface area contributed by atoms with Gasteiger partial charge in [-0.05, 0) is 36.2 Å². The van der Waals surface area contributed by atoms with Gasteiger partial charge in [0.1, 0.15) is 11.3 Å². The van der Waals surface area contributed by atoms with Gasteiger partial charge in [-0.2, -0.15) is 0 Å². The summed E-state index contributed by atoms with van der Waals surface area (Å²) < 4.78 is 6.35. The summed E-state index contributed by atoms with van der Waals surface area (Å²) in [4.78, 5) is 34.5. The summed E-state index contributed by atoms with van der Waals surface area (Å²) in [5.74, 6) is 0.270. The number of carbonyl (C=O) groups is 1. The van der Waals surface area contributed by atoms with Crippen LogP contribution in [0.25, 0.3) is 10.2 Å². The Morgan fingerprint density at radius 1 is 1.23 bits per heavy atom. The van der Waals surface area contributed by atoms with Crippen LogP contribution in [0.15, 0.2) is 48.8 Å². The van der Waals surface area contributed by atoms with Crippen LogP contribution in [0, 0.1) is 17.0 Å². The third-order valence-electron chi connectivity index (χ3n) is 4.43. The molecular formula is C20H16N4O4S2. The average Bonchev–Trinajstić information content (AvgIpc) is 3.41. The van der Waals surface area contributed by atoms with E-state index in [0.29, 0.717) is 16.4 Å². The number of amides is 1. The SMILES string of the molecule is COc1ccc(C)c2sc(N(Cc3cccnc3)C(=O)c3ccc([N+](=O)[O-])s3)nc12. The fraction of sp³-hybridized carbons (Fsp3) is 0.150. The molecule has 30 heavy (non-hydrogen) atoms. The van der Waals surface area contributed by atoms with Crippen molar-refractivity contribution in [3.63, 3.8) is 0 Å². The van der Waals surface area contributed by atoms with E-state index in [9.17, 15) is 14.9 Å². The molecule has 0 bridgehead atoms. The standard InChI is InChI=1S/C20H16N4O4S2/c1-12-5-6-14(28-2)17-18(12)30-20(22-17)23(11-13-4-3-9-21-10-13)19(25)15-7-8-16(29-15)24(26)27/h3-10H,11H2,1-2H3. The Bertz CT molecular complexity index is 1240. The molecule has 3 heterocycles. The number of rotatable bonds is 6. The van der Waals surface area contributed by atoms with Gasteiger partial charge in [0, 0.05) is 18.5 Å². The maximum atomic E-state index is 13.3. The molecule has 3 aromatic heterocycles. The zero-order valence-electron chi connectivity index (χ0n) is 16.1. The predicted molar refractivity (Wildman–Crippen MR) is 117 cm³/mol. The molecule has 0 aliphatic heterocycles. The van der Waals surface area contributed by atoms with Gasteiger partial charge in [-0.3, -0.25) is 24.8 Å². The summed E-state index contributed by atoms with van der Waals surface area (Å²) in [5.41, 5.74) is 2.52. The normalized spacial score (nSPS) is 10.9. The number of carbonyl (C=O) groups excluding carboxylic acids is 1. The van der Waals surface area contributed by atoms with Crippen LogP contribution < -0.4 is 9.64 Å². The molecule has 0 fully saturated rings. The summed E-state index contributed by atoms with van der Waals surface area (Å²) in [6, 6.07) is 10.3. The number of methoxy groups -OCH3 is 1. The molecule has 0 aliphatic rings. The third kappa shape index (κ3) is 3.74. The van der Waals surface area contributed by atoms with Crippen molar-refractivity contribution in [3.05, 3.63) is 74.9 Å². The maximum absolute atomic E-state index is 13.3. The van der Waals surface area contributed by atoms with Gasteiger partial charge in [-0.25, -0.2) is 4.98 Å². The van der Waals surface area contributed by atoms with E-state index in [-0.39, 0.29) is 22.3 Å². The highest BCUT2D eigenvalue weighted by Gasteiger charge is 2.26. The molecule has 0 aliphatic carbocycles. The van der Waals surface area contributed by atoms with Crippen LogP contribution in [0.5, 0.6) is 5.75 Å². The van der Waals surface area contributed by atoms with Gasteiger partial charge in [-0.1, -0.05) is 34.8 Å². The van der Waals surface area contributed by atoms with Crippen molar-refractivity contribution in [1.29, 1.82) is 0 Å². The van der Waals surface area contributed by atoms with E-state index in [1.807, 2.05) is 25.1 Å². The van der Waals surface area contributed by atoms with E-state index in [4.69, 9.17) is 4.74 Å². The predicted octanol–water partition coefficient (Wildman–Crippen LogP) is 4.83. The first-order valence-corrected chi connectivity index (χ1v) is 10.5. The molecule has 0 spiro atoms. The fourth-order valence-corrected chi connectivity index (χ4v) is 4.77. The lowest BCUT2D eigenvalue weighted by molar-refractivity contribution is -0.380. The van der Waals surface area contributed by atoms with Crippen LogP contribution in [-0.2, 0) is 6.54 Å². The number of benzene rings is 1. The monoisotopic (exact) mass is 440 g/mol. The van der Waals surface area contributed by atoms with E-state index >= 15 is 0 Å². The number of anilines is 1. The number of nitrogens with zero attached hydrogens (tertiary/aromatic N) is 4. The molecule has 0 radical (unpaired) electrons. The fourth-order valence-electron chi connectivity index (χ4n) is 2.95. The Hall–Kier alpha value is -3.37. The quantitative estimate of drug-likeness (QED) is 0.315. The van der Waals surface area contributed by atoms with E-state index in [1.165, 1.54) is 28.4 Å². The molecule has 1 amide bonds. The highest BCUT2D eigenvalue weighted by molar-refractivity contribution is 7.22. The van der Waals surface area contributed by atoms with E-state index in [0.717, 1.165) is 27.2 Å². The minimum absolute atomic E-state index is 0.0820.